The Bertz CT molecular complexity index is 687. The van der Waals surface area contributed by atoms with Gasteiger partial charge in [0.05, 0.1) is 14.2 Å². The minimum absolute atomic E-state index is 0.116. The molecule has 0 saturated carbocycles. The first-order chi connectivity index (χ1) is 12.5. The summed E-state index contributed by atoms with van der Waals surface area (Å²) >= 11 is 0. The lowest BCUT2D eigenvalue weighted by atomic mass is 9.79. The quantitative estimate of drug-likeness (QED) is 0.752. The van der Waals surface area contributed by atoms with Crippen LogP contribution >= 0.6 is 0 Å². The van der Waals surface area contributed by atoms with Crippen molar-refractivity contribution in [2.24, 2.45) is 5.92 Å². The van der Waals surface area contributed by atoms with E-state index in [0.29, 0.717) is 24.5 Å². The molecule has 1 aromatic rings. The van der Waals surface area contributed by atoms with Crippen LogP contribution in [0.25, 0.3) is 0 Å². The van der Waals surface area contributed by atoms with Gasteiger partial charge in [-0.15, -0.1) is 0 Å². The van der Waals surface area contributed by atoms with E-state index in [2.05, 4.69) is 10.6 Å². The van der Waals surface area contributed by atoms with Crippen molar-refractivity contribution in [2.75, 3.05) is 33.9 Å². The largest absolute Gasteiger partial charge is 0.493 e. The lowest BCUT2D eigenvalue weighted by Crippen LogP contribution is -2.53. The molecule has 2 saturated heterocycles. The van der Waals surface area contributed by atoms with Gasteiger partial charge < -0.3 is 20.1 Å². The third kappa shape index (κ3) is 3.35. The number of imide groups is 1. The fourth-order valence-electron chi connectivity index (χ4n) is 3.87. The third-order valence-corrected chi connectivity index (χ3v) is 5.53. The van der Waals surface area contributed by atoms with Crippen molar-refractivity contribution in [1.29, 1.82) is 0 Å². The number of urea groups is 1. The second kappa shape index (κ2) is 7.53. The summed E-state index contributed by atoms with van der Waals surface area (Å²) in [4.78, 5) is 26.7. The van der Waals surface area contributed by atoms with E-state index in [9.17, 15) is 9.59 Å². The van der Waals surface area contributed by atoms with Gasteiger partial charge in [0, 0.05) is 6.54 Å². The third-order valence-electron chi connectivity index (χ3n) is 5.53. The maximum atomic E-state index is 13.0. The van der Waals surface area contributed by atoms with Gasteiger partial charge in [0.15, 0.2) is 11.5 Å². The fourth-order valence-corrected chi connectivity index (χ4v) is 3.87. The second-order valence-electron chi connectivity index (χ2n) is 7.05. The molecule has 2 N–H and O–H groups in total. The molecule has 7 nitrogen and oxygen atoms in total. The van der Waals surface area contributed by atoms with Gasteiger partial charge in [0.25, 0.3) is 5.91 Å². The van der Waals surface area contributed by atoms with Crippen LogP contribution in [0.1, 0.15) is 25.3 Å². The Kier molecular flexibility index (Phi) is 5.36. The van der Waals surface area contributed by atoms with Crippen molar-refractivity contribution < 1.29 is 19.1 Å². The molecule has 142 valence electrons. The van der Waals surface area contributed by atoms with E-state index < -0.39 is 5.54 Å². The van der Waals surface area contributed by atoms with Crippen molar-refractivity contribution in [3.05, 3.63) is 23.8 Å². The standard InChI is InChI=1S/C19H27N3O4/c1-19(14-6-9-20-10-7-14)17(23)22(18(24)21-19)11-8-13-4-5-15(25-2)16(12-13)26-3/h4-5,12,14,20H,6-11H2,1-3H3,(H,21,24). The highest BCUT2D eigenvalue weighted by molar-refractivity contribution is 6.07. The van der Waals surface area contributed by atoms with Gasteiger partial charge in [-0.3, -0.25) is 9.69 Å². The summed E-state index contributed by atoms with van der Waals surface area (Å²) < 4.78 is 10.6. The summed E-state index contributed by atoms with van der Waals surface area (Å²) in [5.41, 5.74) is 0.190. The Morgan fingerprint density at radius 3 is 2.50 bits per heavy atom. The Labute approximate surface area is 154 Å². The SMILES string of the molecule is COc1ccc(CCN2C(=O)NC(C)(C3CCNCC3)C2=O)cc1OC. The van der Waals surface area contributed by atoms with Crippen LogP contribution in [0.15, 0.2) is 18.2 Å². The molecule has 2 fully saturated rings. The van der Waals surface area contributed by atoms with Crippen LogP contribution < -0.4 is 20.1 Å². The van der Waals surface area contributed by atoms with Crippen molar-refractivity contribution in [3.8, 4) is 11.5 Å². The monoisotopic (exact) mass is 361 g/mol. The number of carbonyl (C=O) groups excluding carboxylic acids is 2. The number of hydrogen-bond donors (Lipinski definition) is 2. The zero-order chi connectivity index (χ0) is 18.7. The summed E-state index contributed by atoms with van der Waals surface area (Å²) in [5.74, 6) is 1.35. The van der Waals surface area contributed by atoms with Crippen molar-refractivity contribution in [1.82, 2.24) is 15.5 Å². The number of hydrogen-bond acceptors (Lipinski definition) is 5. The molecule has 2 heterocycles. The van der Waals surface area contributed by atoms with Crippen LogP contribution in [0.4, 0.5) is 4.79 Å². The molecule has 1 aromatic carbocycles. The fraction of sp³-hybridized carbons (Fsp3) is 0.579. The molecular formula is C19H27N3O4. The molecule has 0 radical (unpaired) electrons. The second-order valence-corrected chi connectivity index (χ2v) is 7.05. The van der Waals surface area contributed by atoms with E-state index >= 15 is 0 Å². The topological polar surface area (TPSA) is 79.9 Å². The number of carbonyl (C=O) groups is 2. The van der Waals surface area contributed by atoms with E-state index in [4.69, 9.17) is 9.47 Å². The highest BCUT2D eigenvalue weighted by atomic mass is 16.5. The first-order valence-corrected chi connectivity index (χ1v) is 9.05. The zero-order valence-electron chi connectivity index (χ0n) is 15.6. The number of rotatable bonds is 6. The molecule has 3 amide bonds. The first kappa shape index (κ1) is 18.5. The molecule has 0 aromatic heterocycles. The van der Waals surface area contributed by atoms with Crippen molar-refractivity contribution in [3.63, 3.8) is 0 Å². The average Bonchev–Trinajstić information content (AvgIpc) is 2.90. The lowest BCUT2D eigenvalue weighted by molar-refractivity contribution is -0.132. The van der Waals surface area contributed by atoms with Crippen LogP contribution in [-0.4, -0.2) is 56.2 Å². The molecule has 1 atom stereocenters. The van der Waals surface area contributed by atoms with Gasteiger partial charge in [-0.05, 0) is 62.9 Å². The van der Waals surface area contributed by atoms with Crippen LogP contribution in [0.3, 0.4) is 0 Å². The van der Waals surface area contributed by atoms with Crippen LogP contribution in [0, 0.1) is 5.92 Å². The predicted octanol–water partition coefficient (Wildman–Crippen LogP) is 1.56. The summed E-state index contributed by atoms with van der Waals surface area (Å²) in [7, 11) is 3.18. The zero-order valence-corrected chi connectivity index (χ0v) is 15.6. The van der Waals surface area contributed by atoms with Gasteiger partial charge in [-0.1, -0.05) is 6.07 Å². The highest BCUT2D eigenvalue weighted by Gasteiger charge is 2.52. The number of nitrogens with one attached hydrogen (secondary N) is 2. The van der Waals surface area contributed by atoms with Gasteiger partial charge in [-0.2, -0.15) is 0 Å². The Morgan fingerprint density at radius 2 is 1.85 bits per heavy atom. The van der Waals surface area contributed by atoms with Gasteiger partial charge >= 0.3 is 6.03 Å². The Balaban J connectivity index is 1.68. The maximum Gasteiger partial charge on any atom is 0.325 e. The number of benzene rings is 1. The molecule has 26 heavy (non-hydrogen) atoms. The van der Waals surface area contributed by atoms with Gasteiger partial charge in [0.1, 0.15) is 5.54 Å². The molecule has 0 bridgehead atoms. The summed E-state index contributed by atoms with van der Waals surface area (Å²) in [5, 5.41) is 6.24. The smallest absolute Gasteiger partial charge is 0.325 e. The molecule has 0 aliphatic carbocycles. The molecule has 3 rings (SSSR count). The van der Waals surface area contributed by atoms with Gasteiger partial charge in [-0.25, -0.2) is 4.79 Å². The number of methoxy groups -OCH3 is 2. The van der Waals surface area contributed by atoms with Crippen LogP contribution in [0.2, 0.25) is 0 Å². The number of piperidine rings is 1. The van der Waals surface area contributed by atoms with E-state index in [1.807, 2.05) is 25.1 Å². The summed E-state index contributed by atoms with van der Waals surface area (Å²) in [6.07, 6.45) is 2.36. The maximum absolute atomic E-state index is 13.0. The highest BCUT2D eigenvalue weighted by Crippen LogP contribution is 2.32. The molecule has 1 unspecified atom stereocenters. The minimum atomic E-state index is -0.795. The molecule has 7 heteroatoms. The van der Waals surface area contributed by atoms with E-state index in [0.717, 1.165) is 31.5 Å². The minimum Gasteiger partial charge on any atom is -0.493 e. The Morgan fingerprint density at radius 1 is 1.15 bits per heavy atom. The first-order valence-electron chi connectivity index (χ1n) is 9.05. The predicted molar refractivity (Wildman–Crippen MR) is 97.5 cm³/mol. The molecule has 0 spiro atoms. The Hall–Kier alpha value is -2.28. The summed E-state index contributed by atoms with van der Waals surface area (Å²) in [6.45, 7) is 3.98. The molecule has 2 aliphatic heterocycles. The average molecular weight is 361 g/mol. The van der Waals surface area contributed by atoms with Crippen LogP contribution in [-0.2, 0) is 11.2 Å². The van der Waals surface area contributed by atoms with E-state index in [1.54, 1.807) is 14.2 Å². The summed E-state index contributed by atoms with van der Waals surface area (Å²) in [6, 6.07) is 5.34. The number of nitrogens with zero attached hydrogens (tertiary/aromatic N) is 1. The van der Waals surface area contributed by atoms with Crippen molar-refractivity contribution in [2.45, 2.75) is 31.7 Å². The van der Waals surface area contributed by atoms with Crippen molar-refractivity contribution >= 4 is 11.9 Å². The lowest BCUT2D eigenvalue weighted by Gasteiger charge is -2.34. The van der Waals surface area contributed by atoms with E-state index in [1.165, 1.54) is 4.90 Å². The van der Waals surface area contributed by atoms with Crippen LogP contribution in [0.5, 0.6) is 11.5 Å². The normalized spacial score (nSPS) is 23.9. The van der Waals surface area contributed by atoms with E-state index in [-0.39, 0.29) is 17.9 Å². The van der Waals surface area contributed by atoms with Gasteiger partial charge in [0.2, 0.25) is 0 Å². The number of amides is 3. The molecule has 2 aliphatic rings. The molecular weight excluding hydrogens is 334 g/mol. The number of ether oxygens (including phenoxy) is 2.